The second kappa shape index (κ2) is 39.5. The van der Waals surface area contributed by atoms with Crippen molar-refractivity contribution in [3.8, 4) is 0 Å². The molecule has 0 bridgehead atoms. The number of ether oxygens (including phenoxy) is 1. The Bertz CT molecular complexity index is 678. The standard InChI is InChI=1S/C44H90N2O4/c1-5-8-11-14-16-17-18-19-20-21-22-24-30-35-43(48)42(45-36-37-46(4)38-39-47)34-29-25-26-31-40-50-44(49)41(32-27-13-10-7-3)33-28-23-15-12-9-6-2/h41-43,45,47-48H,5-40H2,1-4H3. The Kier molecular flexibility index (Phi) is 39.0. The van der Waals surface area contributed by atoms with E-state index in [0.717, 1.165) is 83.7 Å². The summed E-state index contributed by atoms with van der Waals surface area (Å²) >= 11 is 0. The quantitative estimate of drug-likeness (QED) is 0.0433. The molecule has 0 aromatic carbocycles. The minimum atomic E-state index is -0.312. The summed E-state index contributed by atoms with van der Waals surface area (Å²) in [6.45, 7) is 9.87. The Labute approximate surface area is 313 Å². The first kappa shape index (κ1) is 49.3. The molecule has 300 valence electrons. The summed E-state index contributed by atoms with van der Waals surface area (Å²) in [5.41, 5.74) is 0. The van der Waals surface area contributed by atoms with Crippen molar-refractivity contribution < 1.29 is 19.7 Å². The van der Waals surface area contributed by atoms with Gasteiger partial charge in [-0.1, -0.05) is 188 Å². The third-order valence-corrected chi connectivity index (χ3v) is 10.7. The first-order valence-corrected chi connectivity index (χ1v) is 22.4. The lowest BCUT2D eigenvalue weighted by Crippen LogP contribution is -2.43. The fraction of sp³-hybridized carbons (Fsp3) is 0.977. The van der Waals surface area contributed by atoms with Gasteiger partial charge in [0.25, 0.3) is 0 Å². The molecule has 0 aromatic heterocycles. The summed E-state index contributed by atoms with van der Waals surface area (Å²) in [7, 11) is 2.03. The van der Waals surface area contributed by atoms with Crippen LogP contribution in [0.1, 0.15) is 220 Å². The van der Waals surface area contributed by atoms with Gasteiger partial charge in [0.1, 0.15) is 0 Å². The van der Waals surface area contributed by atoms with E-state index in [0.29, 0.717) is 13.2 Å². The van der Waals surface area contributed by atoms with E-state index in [-0.39, 0.29) is 30.6 Å². The van der Waals surface area contributed by atoms with Crippen LogP contribution in [0, 0.1) is 5.92 Å². The zero-order chi connectivity index (χ0) is 36.8. The molecule has 0 spiro atoms. The lowest BCUT2D eigenvalue weighted by atomic mass is 9.94. The van der Waals surface area contributed by atoms with Crippen LogP contribution in [0.4, 0.5) is 0 Å². The number of hydrogen-bond donors (Lipinski definition) is 3. The maximum absolute atomic E-state index is 13.0. The highest BCUT2D eigenvalue weighted by Gasteiger charge is 2.20. The average molecular weight is 711 g/mol. The van der Waals surface area contributed by atoms with E-state index in [1.165, 1.54) is 128 Å². The van der Waals surface area contributed by atoms with Gasteiger partial charge in [-0.3, -0.25) is 4.79 Å². The van der Waals surface area contributed by atoms with Crippen LogP contribution in [0.2, 0.25) is 0 Å². The summed E-state index contributed by atoms with van der Waals surface area (Å²) < 4.78 is 5.82. The molecule has 0 heterocycles. The van der Waals surface area contributed by atoms with Crippen molar-refractivity contribution in [2.24, 2.45) is 5.92 Å². The van der Waals surface area contributed by atoms with Gasteiger partial charge in [-0.2, -0.15) is 0 Å². The monoisotopic (exact) mass is 711 g/mol. The van der Waals surface area contributed by atoms with E-state index in [2.05, 4.69) is 31.0 Å². The van der Waals surface area contributed by atoms with Crippen molar-refractivity contribution in [2.75, 3.05) is 39.9 Å². The number of nitrogens with zero attached hydrogens (tertiary/aromatic N) is 1. The van der Waals surface area contributed by atoms with Gasteiger partial charge < -0.3 is 25.2 Å². The topological polar surface area (TPSA) is 82.0 Å². The van der Waals surface area contributed by atoms with Crippen molar-refractivity contribution in [1.29, 1.82) is 0 Å². The third kappa shape index (κ3) is 33.2. The number of aliphatic hydroxyl groups excluding tert-OH is 2. The zero-order valence-corrected chi connectivity index (χ0v) is 34.3. The Balaban J connectivity index is 4.37. The third-order valence-electron chi connectivity index (χ3n) is 10.7. The van der Waals surface area contributed by atoms with Crippen LogP contribution in [0.5, 0.6) is 0 Å². The molecule has 0 amide bonds. The molecule has 0 fully saturated rings. The second-order valence-corrected chi connectivity index (χ2v) is 15.7. The largest absolute Gasteiger partial charge is 0.465 e. The van der Waals surface area contributed by atoms with Gasteiger partial charge in [0.2, 0.25) is 0 Å². The molecule has 0 aliphatic carbocycles. The molecule has 0 aliphatic rings. The number of aliphatic hydroxyl groups is 2. The predicted octanol–water partition coefficient (Wildman–Crippen LogP) is 11.5. The fourth-order valence-corrected chi connectivity index (χ4v) is 7.21. The van der Waals surface area contributed by atoms with Crippen LogP contribution in [0.15, 0.2) is 0 Å². The van der Waals surface area contributed by atoms with Crippen molar-refractivity contribution in [1.82, 2.24) is 10.2 Å². The predicted molar refractivity (Wildman–Crippen MR) is 217 cm³/mol. The molecule has 0 aromatic rings. The number of rotatable bonds is 41. The number of carbonyl (C=O) groups excluding carboxylic acids is 1. The van der Waals surface area contributed by atoms with Crippen LogP contribution in [0.3, 0.4) is 0 Å². The molecule has 6 nitrogen and oxygen atoms in total. The van der Waals surface area contributed by atoms with Crippen molar-refractivity contribution in [3.05, 3.63) is 0 Å². The van der Waals surface area contributed by atoms with E-state index in [4.69, 9.17) is 4.74 Å². The number of nitrogens with one attached hydrogen (secondary N) is 1. The molecule has 0 aliphatic heterocycles. The highest BCUT2D eigenvalue weighted by molar-refractivity contribution is 5.72. The number of hydrogen-bond acceptors (Lipinski definition) is 6. The maximum atomic E-state index is 13.0. The molecule has 0 saturated carbocycles. The van der Waals surface area contributed by atoms with Crippen molar-refractivity contribution >= 4 is 5.97 Å². The van der Waals surface area contributed by atoms with Crippen LogP contribution < -0.4 is 5.32 Å². The molecule has 50 heavy (non-hydrogen) atoms. The van der Waals surface area contributed by atoms with Gasteiger partial charge in [-0.15, -0.1) is 0 Å². The summed E-state index contributed by atoms with van der Waals surface area (Å²) in [4.78, 5) is 15.1. The molecule has 0 radical (unpaired) electrons. The second-order valence-electron chi connectivity index (χ2n) is 15.7. The van der Waals surface area contributed by atoms with E-state index in [9.17, 15) is 15.0 Å². The van der Waals surface area contributed by atoms with Crippen LogP contribution in [0.25, 0.3) is 0 Å². The molecule has 0 saturated heterocycles. The Morgan fingerprint density at radius 3 is 1.44 bits per heavy atom. The first-order valence-electron chi connectivity index (χ1n) is 22.4. The maximum Gasteiger partial charge on any atom is 0.308 e. The summed E-state index contributed by atoms with van der Waals surface area (Å²) in [6, 6.07) is 0.114. The molecule has 3 unspecified atom stereocenters. The highest BCUT2D eigenvalue weighted by Crippen LogP contribution is 2.21. The van der Waals surface area contributed by atoms with Crippen LogP contribution in [-0.4, -0.2) is 73.1 Å². The smallest absolute Gasteiger partial charge is 0.308 e. The van der Waals surface area contributed by atoms with E-state index < -0.39 is 0 Å². The SMILES string of the molecule is CCCCCCCCCCCCCCCC(O)C(CCCCCCOC(=O)C(CCCCCC)CCCCCCCC)NCCN(C)CCO. The fourth-order valence-electron chi connectivity index (χ4n) is 7.21. The normalized spacial score (nSPS) is 13.6. The minimum absolute atomic E-state index is 0.0433. The Morgan fingerprint density at radius 1 is 0.560 bits per heavy atom. The van der Waals surface area contributed by atoms with Crippen LogP contribution in [-0.2, 0) is 9.53 Å². The summed E-state index contributed by atoms with van der Waals surface area (Å²) in [6.07, 6.45) is 37.6. The van der Waals surface area contributed by atoms with E-state index in [1.54, 1.807) is 0 Å². The number of likely N-dealkylation sites (N-methyl/N-ethyl adjacent to an activating group) is 1. The lowest BCUT2D eigenvalue weighted by molar-refractivity contribution is -0.149. The van der Waals surface area contributed by atoms with Gasteiger partial charge in [0.05, 0.1) is 25.2 Å². The molecule has 6 heteroatoms. The molecule has 3 atom stereocenters. The zero-order valence-electron chi connectivity index (χ0n) is 34.3. The van der Waals surface area contributed by atoms with Gasteiger partial charge in [-0.05, 0) is 39.2 Å². The van der Waals surface area contributed by atoms with Crippen LogP contribution >= 0.6 is 0 Å². The van der Waals surface area contributed by atoms with E-state index >= 15 is 0 Å². The average Bonchev–Trinajstić information content (AvgIpc) is 3.11. The Morgan fingerprint density at radius 2 is 0.960 bits per heavy atom. The summed E-state index contributed by atoms with van der Waals surface area (Å²) in [5, 5.41) is 24.0. The Hall–Kier alpha value is -0.690. The van der Waals surface area contributed by atoms with Gasteiger partial charge in [0, 0.05) is 25.7 Å². The number of carbonyl (C=O) groups is 1. The molecular weight excluding hydrogens is 620 g/mol. The van der Waals surface area contributed by atoms with Gasteiger partial charge in [0.15, 0.2) is 0 Å². The highest BCUT2D eigenvalue weighted by atomic mass is 16.5. The molecule has 0 rings (SSSR count). The number of esters is 1. The lowest BCUT2D eigenvalue weighted by Gasteiger charge is -2.26. The van der Waals surface area contributed by atoms with Gasteiger partial charge in [-0.25, -0.2) is 0 Å². The molecule has 3 N–H and O–H groups in total. The number of unbranched alkanes of at least 4 members (excludes halogenated alkanes) is 23. The first-order chi connectivity index (χ1) is 24.5. The van der Waals surface area contributed by atoms with Gasteiger partial charge >= 0.3 is 5.97 Å². The van der Waals surface area contributed by atoms with Crippen molar-refractivity contribution in [2.45, 2.75) is 232 Å². The summed E-state index contributed by atoms with van der Waals surface area (Å²) in [5.74, 6) is 0.124. The van der Waals surface area contributed by atoms with Crippen molar-refractivity contribution in [3.63, 3.8) is 0 Å². The van der Waals surface area contributed by atoms with E-state index in [1.807, 2.05) is 7.05 Å². The minimum Gasteiger partial charge on any atom is -0.465 e. The molecular formula is C44H90N2O4.